The van der Waals surface area contributed by atoms with Crippen molar-refractivity contribution < 1.29 is 9.47 Å². The van der Waals surface area contributed by atoms with Gasteiger partial charge in [-0.3, -0.25) is 0 Å². The summed E-state index contributed by atoms with van der Waals surface area (Å²) in [5.41, 5.74) is 2.17. The van der Waals surface area contributed by atoms with E-state index in [1.54, 1.807) is 7.11 Å². The summed E-state index contributed by atoms with van der Waals surface area (Å²) in [6.07, 6.45) is 0.230. The van der Waals surface area contributed by atoms with Gasteiger partial charge in [-0.25, -0.2) is 0 Å². The van der Waals surface area contributed by atoms with E-state index in [0.717, 1.165) is 11.4 Å². The number of ether oxygens (including phenoxy) is 2. The Morgan fingerprint density at radius 1 is 1.33 bits per heavy atom. The average Bonchev–Trinajstić information content (AvgIpc) is 2.17. The van der Waals surface area contributed by atoms with Crippen LogP contribution in [0.15, 0.2) is 18.2 Å². The monoisotopic (exact) mass is 209 g/mol. The molecule has 0 aliphatic carbocycles. The van der Waals surface area contributed by atoms with Gasteiger partial charge in [-0.1, -0.05) is 6.07 Å². The molecule has 0 unspecified atom stereocenters. The van der Waals surface area contributed by atoms with Gasteiger partial charge in [0.2, 0.25) is 0 Å². The van der Waals surface area contributed by atoms with Crippen LogP contribution in [0.3, 0.4) is 0 Å². The molecule has 1 N–H and O–H groups in total. The Balaban J connectivity index is 2.62. The van der Waals surface area contributed by atoms with Gasteiger partial charge in [0.05, 0.1) is 18.9 Å². The summed E-state index contributed by atoms with van der Waals surface area (Å²) < 4.78 is 10.7. The van der Waals surface area contributed by atoms with Crippen LogP contribution < -0.4 is 10.1 Å². The Bertz CT molecular complexity index is 310. The van der Waals surface area contributed by atoms with Crippen molar-refractivity contribution in [2.75, 3.05) is 19.2 Å². The molecule has 0 fully saturated rings. The van der Waals surface area contributed by atoms with Crippen molar-refractivity contribution in [2.45, 2.75) is 26.9 Å². The lowest BCUT2D eigenvalue weighted by molar-refractivity contribution is 0.0938. The van der Waals surface area contributed by atoms with Gasteiger partial charge in [-0.2, -0.15) is 0 Å². The molecule has 0 saturated carbocycles. The fourth-order valence-corrected chi connectivity index (χ4v) is 1.25. The Morgan fingerprint density at radius 2 is 2.07 bits per heavy atom. The Hall–Kier alpha value is -1.22. The molecule has 15 heavy (non-hydrogen) atoms. The number of aryl methyl sites for hydroxylation is 1. The maximum atomic E-state index is 5.42. The third-order valence-corrected chi connectivity index (χ3v) is 2.03. The molecule has 0 radical (unpaired) electrons. The summed E-state index contributed by atoms with van der Waals surface area (Å²) in [7, 11) is 1.67. The second kappa shape index (κ2) is 5.61. The molecule has 3 nitrogen and oxygen atoms in total. The Labute approximate surface area is 91.4 Å². The predicted molar refractivity (Wildman–Crippen MR) is 62.4 cm³/mol. The van der Waals surface area contributed by atoms with Crippen LogP contribution in [0.25, 0.3) is 0 Å². The van der Waals surface area contributed by atoms with Crippen LogP contribution >= 0.6 is 0 Å². The van der Waals surface area contributed by atoms with Crippen molar-refractivity contribution in [2.24, 2.45) is 0 Å². The van der Waals surface area contributed by atoms with Crippen LogP contribution in [-0.2, 0) is 4.74 Å². The Morgan fingerprint density at radius 3 is 2.67 bits per heavy atom. The smallest absolute Gasteiger partial charge is 0.142 e. The number of methoxy groups -OCH3 is 1. The van der Waals surface area contributed by atoms with Crippen molar-refractivity contribution in [1.29, 1.82) is 0 Å². The van der Waals surface area contributed by atoms with E-state index in [1.165, 1.54) is 5.56 Å². The minimum absolute atomic E-state index is 0.230. The van der Waals surface area contributed by atoms with Gasteiger partial charge in [0.15, 0.2) is 0 Å². The first-order valence-corrected chi connectivity index (χ1v) is 5.13. The van der Waals surface area contributed by atoms with Crippen LogP contribution in [0, 0.1) is 6.92 Å². The summed E-state index contributed by atoms with van der Waals surface area (Å²) in [5.74, 6) is 0.841. The summed E-state index contributed by atoms with van der Waals surface area (Å²) in [4.78, 5) is 0. The third-order valence-electron chi connectivity index (χ3n) is 2.03. The number of benzene rings is 1. The van der Waals surface area contributed by atoms with E-state index >= 15 is 0 Å². The quantitative estimate of drug-likeness (QED) is 0.756. The molecule has 0 spiro atoms. The maximum absolute atomic E-state index is 5.42. The molecular formula is C12H19NO2. The van der Waals surface area contributed by atoms with Gasteiger partial charge in [-0.05, 0) is 38.5 Å². The molecule has 84 valence electrons. The van der Waals surface area contributed by atoms with Gasteiger partial charge < -0.3 is 14.8 Å². The fraction of sp³-hybridized carbons (Fsp3) is 0.500. The fourth-order valence-electron chi connectivity index (χ4n) is 1.25. The molecule has 0 aliphatic rings. The van der Waals surface area contributed by atoms with Crippen LogP contribution in [-0.4, -0.2) is 19.9 Å². The zero-order valence-electron chi connectivity index (χ0n) is 9.83. The zero-order chi connectivity index (χ0) is 11.3. The van der Waals surface area contributed by atoms with Gasteiger partial charge in [0.1, 0.15) is 12.5 Å². The molecule has 1 aromatic rings. The molecule has 0 heterocycles. The molecular weight excluding hydrogens is 190 g/mol. The topological polar surface area (TPSA) is 30.5 Å². The van der Waals surface area contributed by atoms with Crippen molar-refractivity contribution in [1.82, 2.24) is 0 Å². The largest absolute Gasteiger partial charge is 0.495 e. The Kier molecular flexibility index (Phi) is 4.43. The molecule has 0 amide bonds. The van der Waals surface area contributed by atoms with Gasteiger partial charge in [-0.15, -0.1) is 0 Å². The second-order valence-corrected chi connectivity index (χ2v) is 3.74. The number of hydrogen-bond donors (Lipinski definition) is 1. The molecule has 0 bridgehead atoms. The summed E-state index contributed by atoms with van der Waals surface area (Å²) in [6.45, 7) is 6.57. The van der Waals surface area contributed by atoms with Gasteiger partial charge in [0.25, 0.3) is 0 Å². The van der Waals surface area contributed by atoms with Crippen molar-refractivity contribution in [3.63, 3.8) is 0 Å². The highest BCUT2D eigenvalue weighted by Crippen LogP contribution is 2.24. The van der Waals surface area contributed by atoms with Crippen molar-refractivity contribution in [3.05, 3.63) is 23.8 Å². The maximum Gasteiger partial charge on any atom is 0.142 e. The highest BCUT2D eigenvalue weighted by atomic mass is 16.5. The van der Waals surface area contributed by atoms with E-state index in [4.69, 9.17) is 9.47 Å². The van der Waals surface area contributed by atoms with Crippen LogP contribution in [0.4, 0.5) is 5.69 Å². The minimum Gasteiger partial charge on any atom is -0.495 e. The van der Waals surface area contributed by atoms with Crippen LogP contribution in [0.1, 0.15) is 19.4 Å². The van der Waals surface area contributed by atoms with Gasteiger partial charge in [0, 0.05) is 0 Å². The van der Waals surface area contributed by atoms with Gasteiger partial charge >= 0.3 is 0 Å². The molecule has 1 aromatic carbocycles. The summed E-state index contributed by atoms with van der Waals surface area (Å²) in [6, 6.07) is 6.02. The first-order chi connectivity index (χ1) is 7.13. The van der Waals surface area contributed by atoms with Crippen LogP contribution in [0.5, 0.6) is 5.75 Å². The lowest BCUT2D eigenvalue weighted by Gasteiger charge is -2.13. The zero-order valence-corrected chi connectivity index (χ0v) is 9.83. The van der Waals surface area contributed by atoms with E-state index in [-0.39, 0.29) is 6.10 Å². The third kappa shape index (κ3) is 3.80. The van der Waals surface area contributed by atoms with E-state index in [9.17, 15) is 0 Å². The highest BCUT2D eigenvalue weighted by Gasteiger charge is 2.02. The molecule has 0 saturated heterocycles. The number of hydrogen-bond acceptors (Lipinski definition) is 3. The first kappa shape index (κ1) is 11.9. The minimum atomic E-state index is 0.230. The summed E-state index contributed by atoms with van der Waals surface area (Å²) >= 11 is 0. The average molecular weight is 209 g/mol. The predicted octanol–water partition coefficient (Wildman–Crippen LogP) is 2.80. The van der Waals surface area contributed by atoms with E-state index in [0.29, 0.717) is 6.73 Å². The van der Waals surface area contributed by atoms with Crippen LogP contribution in [0.2, 0.25) is 0 Å². The molecule has 0 aliphatic heterocycles. The number of rotatable bonds is 5. The molecule has 1 rings (SSSR count). The second-order valence-electron chi connectivity index (χ2n) is 3.74. The molecule has 3 heteroatoms. The lowest BCUT2D eigenvalue weighted by atomic mass is 10.2. The molecule has 0 atom stereocenters. The lowest BCUT2D eigenvalue weighted by Crippen LogP contribution is -2.12. The number of anilines is 1. The SMILES string of the molecule is COc1ccc(C)cc1NCOC(C)C. The normalized spacial score (nSPS) is 10.5. The standard InChI is InChI=1S/C12H19NO2/c1-9(2)15-8-13-11-7-10(3)5-6-12(11)14-4/h5-7,9,13H,8H2,1-4H3. The van der Waals surface area contributed by atoms with E-state index < -0.39 is 0 Å². The number of nitrogens with one attached hydrogen (secondary N) is 1. The van der Waals surface area contributed by atoms with E-state index in [2.05, 4.69) is 5.32 Å². The molecule has 0 aromatic heterocycles. The van der Waals surface area contributed by atoms with Crippen molar-refractivity contribution in [3.8, 4) is 5.75 Å². The van der Waals surface area contributed by atoms with Crippen molar-refractivity contribution >= 4 is 5.69 Å². The first-order valence-electron chi connectivity index (χ1n) is 5.13. The van der Waals surface area contributed by atoms with E-state index in [1.807, 2.05) is 39.0 Å². The summed E-state index contributed by atoms with van der Waals surface area (Å²) in [5, 5.41) is 3.19. The highest BCUT2D eigenvalue weighted by molar-refractivity contribution is 5.57.